The van der Waals surface area contributed by atoms with E-state index >= 15 is 0 Å². The average Bonchev–Trinajstić information content (AvgIpc) is 2.66. The number of carbonyl (C=O) groups is 1. The van der Waals surface area contributed by atoms with Gasteiger partial charge >= 0.3 is 0 Å². The van der Waals surface area contributed by atoms with Gasteiger partial charge in [0.2, 0.25) is 0 Å². The van der Waals surface area contributed by atoms with Gasteiger partial charge in [-0.2, -0.15) is 0 Å². The van der Waals surface area contributed by atoms with Crippen LogP contribution in [0.5, 0.6) is 0 Å². The molecule has 94 valence electrons. The number of carbonyl (C=O) groups excluding carboxylic acids is 1. The first-order valence-corrected chi connectivity index (χ1v) is 6.54. The summed E-state index contributed by atoms with van der Waals surface area (Å²) in [5.74, 6) is -0.0549. The van der Waals surface area contributed by atoms with Crippen LogP contribution in [0.1, 0.15) is 27.3 Å². The Bertz CT molecular complexity index is 558. The van der Waals surface area contributed by atoms with Crippen molar-refractivity contribution in [2.24, 2.45) is 0 Å². The van der Waals surface area contributed by atoms with Gasteiger partial charge in [-0.3, -0.25) is 4.79 Å². The molecule has 0 aliphatic rings. The van der Waals surface area contributed by atoms with Gasteiger partial charge in [-0.1, -0.05) is 15.9 Å². The first-order valence-electron chi connectivity index (χ1n) is 5.75. The molecule has 1 aromatic heterocycles. The normalized spacial score (nSPS) is 10.4. The molecule has 18 heavy (non-hydrogen) atoms. The van der Waals surface area contributed by atoms with Crippen LogP contribution in [0.15, 0.2) is 34.8 Å². The summed E-state index contributed by atoms with van der Waals surface area (Å²) in [6.07, 6.45) is 0. The molecule has 0 fully saturated rings. The molecule has 0 spiro atoms. The minimum atomic E-state index is -0.0549. The summed E-state index contributed by atoms with van der Waals surface area (Å²) >= 11 is 3.35. The maximum Gasteiger partial charge on any atom is 0.251 e. The lowest BCUT2D eigenvalue weighted by Crippen LogP contribution is -2.22. The van der Waals surface area contributed by atoms with Crippen molar-refractivity contribution >= 4 is 21.8 Å². The number of halogens is 1. The van der Waals surface area contributed by atoms with E-state index in [1.165, 1.54) is 0 Å². The van der Waals surface area contributed by atoms with Crippen molar-refractivity contribution in [1.82, 2.24) is 10.3 Å². The maximum atomic E-state index is 11.9. The number of aryl methyl sites for hydroxylation is 2. The SMILES string of the molecule is Cc1cc(CNC(=O)c2ccc(Br)cc2)c(C)[nH]1. The molecule has 1 aromatic carbocycles. The van der Waals surface area contributed by atoms with Crippen LogP contribution >= 0.6 is 15.9 Å². The third kappa shape index (κ3) is 3.01. The Hall–Kier alpha value is -1.55. The first-order chi connectivity index (χ1) is 8.56. The summed E-state index contributed by atoms with van der Waals surface area (Å²) in [5, 5.41) is 2.91. The van der Waals surface area contributed by atoms with Crippen LogP contribution in [0.3, 0.4) is 0 Å². The molecule has 0 radical (unpaired) electrons. The molecule has 0 aliphatic carbocycles. The first kappa shape index (κ1) is 12.9. The molecule has 0 unspecified atom stereocenters. The van der Waals surface area contributed by atoms with Crippen molar-refractivity contribution in [3.05, 3.63) is 57.3 Å². The highest BCUT2D eigenvalue weighted by molar-refractivity contribution is 9.10. The molecule has 4 heteroatoms. The maximum absolute atomic E-state index is 11.9. The van der Waals surface area contributed by atoms with Crippen molar-refractivity contribution in [3.63, 3.8) is 0 Å². The van der Waals surface area contributed by atoms with Crippen LogP contribution in [0.2, 0.25) is 0 Å². The quantitative estimate of drug-likeness (QED) is 0.897. The lowest BCUT2D eigenvalue weighted by molar-refractivity contribution is 0.0951. The molecular weight excluding hydrogens is 292 g/mol. The molecule has 0 saturated heterocycles. The molecule has 2 aromatic rings. The Kier molecular flexibility index (Phi) is 3.87. The van der Waals surface area contributed by atoms with Gasteiger partial charge in [0.15, 0.2) is 0 Å². The van der Waals surface area contributed by atoms with Gasteiger partial charge in [0.05, 0.1) is 0 Å². The Morgan fingerprint density at radius 2 is 1.94 bits per heavy atom. The minimum Gasteiger partial charge on any atom is -0.362 e. The van der Waals surface area contributed by atoms with Crippen LogP contribution in [0.4, 0.5) is 0 Å². The Morgan fingerprint density at radius 3 is 2.50 bits per heavy atom. The predicted octanol–water partition coefficient (Wildman–Crippen LogP) is 3.32. The number of nitrogens with one attached hydrogen (secondary N) is 2. The Balaban J connectivity index is 2.00. The fraction of sp³-hybridized carbons (Fsp3) is 0.214. The number of amides is 1. The fourth-order valence-corrected chi connectivity index (χ4v) is 2.11. The van der Waals surface area contributed by atoms with Crippen molar-refractivity contribution in [2.75, 3.05) is 0 Å². The van der Waals surface area contributed by atoms with Crippen molar-refractivity contribution in [3.8, 4) is 0 Å². The second kappa shape index (κ2) is 5.40. The van der Waals surface area contributed by atoms with Crippen molar-refractivity contribution in [2.45, 2.75) is 20.4 Å². The zero-order chi connectivity index (χ0) is 13.1. The van der Waals surface area contributed by atoms with E-state index in [9.17, 15) is 4.79 Å². The van der Waals surface area contributed by atoms with Crippen LogP contribution in [0.25, 0.3) is 0 Å². The lowest BCUT2D eigenvalue weighted by atomic mass is 10.2. The lowest BCUT2D eigenvalue weighted by Gasteiger charge is -2.05. The van der Waals surface area contributed by atoms with E-state index < -0.39 is 0 Å². The molecule has 0 aliphatic heterocycles. The number of aromatic amines is 1. The van der Waals surface area contributed by atoms with E-state index in [0.717, 1.165) is 21.4 Å². The van der Waals surface area contributed by atoms with Crippen LogP contribution in [-0.2, 0) is 6.54 Å². The highest BCUT2D eigenvalue weighted by Crippen LogP contribution is 2.12. The molecule has 2 N–H and O–H groups in total. The van der Waals surface area contributed by atoms with Gasteiger partial charge in [-0.05, 0) is 49.7 Å². The van der Waals surface area contributed by atoms with E-state index in [-0.39, 0.29) is 5.91 Å². The van der Waals surface area contributed by atoms with E-state index in [0.29, 0.717) is 12.1 Å². The van der Waals surface area contributed by atoms with Gasteiger partial charge in [0.1, 0.15) is 0 Å². The van der Waals surface area contributed by atoms with Crippen LogP contribution < -0.4 is 5.32 Å². The standard InChI is InChI=1S/C14H15BrN2O/c1-9-7-12(10(2)17-9)8-16-14(18)11-3-5-13(15)6-4-11/h3-7,17H,8H2,1-2H3,(H,16,18). The summed E-state index contributed by atoms with van der Waals surface area (Å²) in [4.78, 5) is 15.1. The molecule has 0 saturated carbocycles. The third-order valence-electron chi connectivity index (χ3n) is 2.80. The van der Waals surface area contributed by atoms with Crippen molar-refractivity contribution < 1.29 is 4.79 Å². The number of benzene rings is 1. The van der Waals surface area contributed by atoms with Crippen LogP contribution in [-0.4, -0.2) is 10.9 Å². The van der Waals surface area contributed by atoms with E-state index in [2.05, 4.69) is 32.3 Å². The smallest absolute Gasteiger partial charge is 0.251 e. The topological polar surface area (TPSA) is 44.9 Å². The number of hydrogen-bond acceptors (Lipinski definition) is 1. The molecule has 0 atom stereocenters. The Labute approximate surface area is 115 Å². The zero-order valence-electron chi connectivity index (χ0n) is 10.4. The number of rotatable bonds is 3. The minimum absolute atomic E-state index is 0.0549. The molecule has 2 rings (SSSR count). The highest BCUT2D eigenvalue weighted by atomic mass is 79.9. The summed E-state index contributed by atoms with van der Waals surface area (Å²) < 4.78 is 0.969. The fourth-order valence-electron chi connectivity index (χ4n) is 1.84. The summed E-state index contributed by atoms with van der Waals surface area (Å²) in [7, 11) is 0. The second-order valence-electron chi connectivity index (χ2n) is 4.29. The second-order valence-corrected chi connectivity index (χ2v) is 5.21. The molecule has 3 nitrogen and oxygen atoms in total. The number of aromatic nitrogens is 1. The molecule has 1 amide bonds. The number of hydrogen-bond donors (Lipinski definition) is 2. The van der Waals surface area contributed by atoms with Gasteiger partial charge in [0.25, 0.3) is 5.91 Å². The highest BCUT2D eigenvalue weighted by Gasteiger charge is 2.07. The summed E-state index contributed by atoms with van der Waals surface area (Å²) in [6.45, 7) is 4.56. The molecule has 0 bridgehead atoms. The Morgan fingerprint density at radius 1 is 1.28 bits per heavy atom. The largest absolute Gasteiger partial charge is 0.362 e. The van der Waals surface area contributed by atoms with E-state index in [4.69, 9.17) is 0 Å². The van der Waals surface area contributed by atoms with E-state index in [1.54, 1.807) is 12.1 Å². The average molecular weight is 307 g/mol. The molecule has 1 heterocycles. The summed E-state index contributed by atoms with van der Waals surface area (Å²) in [5.41, 5.74) is 4.00. The van der Waals surface area contributed by atoms with Crippen LogP contribution in [0, 0.1) is 13.8 Å². The van der Waals surface area contributed by atoms with Gasteiger partial charge < -0.3 is 10.3 Å². The monoisotopic (exact) mass is 306 g/mol. The van der Waals surface area contributed by atoms with Gasteiger partial charge in [-0.25, -0.2) is 0 Å². The summed E-state index contributed by atoms with van der Waals surface area (Å²) in [6, 6.07) is 9.38. The van der Waals surface area contributed by atoms with Crippen molar-refractivity contribution in [1.29, 1.82) is 0 Å². The zero-order valence-corrected chi connectivity index (χ0v) is 12.0. The van der Waals surface area contributed by atoms with Gasteiger partial charge in [0, 0.05) is 28.0 Å². The molecular formula is C14H15BrN2O. The number of H-pyrrole nitrogens is 1. The third-order valence-corrected chi connectivity index (χ3v) is 3.33. The van der Waals surface area contributed by atoms with Gasteiger partial charge in [-0.15, -0.1) is 0 Å². The predicted molar refractivity (Wildman–Crippen MR) is 75.6 cm³/mol. The van der Waals surface area contributed by atoms with E-state index in [1.807, 2.05) is 26.0 Å².